The van der Waals surface area contributed by atoms with Crippen molar-refractivity contribution < 1.29 is 4.79 Å². The van der Waals surface area contributed by atoms with Crippen LogP contribution in [0.2, 0.25) is 5.02 Å². The number of carbonyl (C=O) groups is 1. The fourth-order valence-electron chi connectivity index (χ4n) is 3.58. The summed E-state index contributed by atoms with van der Waals surface area (Å²) in [5.41, 5.74) is 4.66. The number of thioether (sulfide) groups is 1. The maximum atomic E-state index is 12.8. The van der Waals surface area contributed by atoms with Crippen molar-refractivity contribution in [2.75, 3.05) is 0 Å². The van der Waals surface area contributed by atoms with Crippen LogP contribution >= 0.6 is 35.6 Å². The summed E-state index contributed by atoms with van der Waals surface area (Å²) in [6.45, 7) is 0.411. The molecular weight excluding hydrogens is 470 g/mol. The van der Waals surface area contributed by atoms with Crippen LogP contribution in [0.4, 0.5) is 4.79 Å². The third-order valence-corrected chi connectivity index (χ3v) is 6.97. The van der Waals surface area contributed by atoms with Crippen LogP contribution in [0.5, 0.6) is 0 Å². The lowest BCUT2D eigenvalue weighted by Crippen LogP contribution is -2.26. The lowest BCUT2D eigenvalue weighted by atomic mass is 10.1. The average Bonchev–Trinajstić information content (AvgIpc) is 3.38. The minimum atomic E-state index is -0.0853. The molecule has 0 saturated carbocycles. The Bertz CT molecular complexity index is 1350. The quantitative estimate of drug-likeness (QED) is 0.220. The molecule has 1 aliphatic heterocycles. The van der Waals surface area contributed by atoms with Crippen molar-refractivity contribution in [1.29, 1.82) is 0 Å². The summed E-state index contributed by atoms with van der Waals surface area (Å²) in [6, 6.07) is 27.4. The number of hydrogen-bond donors (Lipinski definition) is 0. The molecule has 5 rings (SSSR count). The summed E-state index contributed by atoms with van der Waals surface area (Å²) < 4.78 is 1.85. The smallest absolute Gasteiger partial charge is 0.288 e. The van der Waals surface area contributed by atoms with E-state index in [0.717, 1.165) is 44.7 Å². The third kappa shape index (κ3) is 4.64. The summed E-state index contributed by atoms with van der Waals surface area (Å²) in [6.07, 6.45) is 3.93. The molecule has 33 heavy (non-hydrogen) atoms. The van der Waals surface area contributed by atoms with Crippen molar-refractivity contribution in [3.63, 3.8) is 0 Å². The first-order valence-electron chi connectivity index (χ1n) is 10.3. The van der Waals surface area contributed by atoms with Crippen molar-refractivity contribution in [1.82, 2.24) is 14.7 Å². The SMILES string of the molecule is O=C1S/C(=C\c2cn(-c3ccccc3)nc2-c2ccccc2)C(=S)N1Cc1ccc(Cl)cc1. The topological polar surface area (TPSA) is 38.1 Å². The third-order valence-electron chi connectivity index (χ3n) is 5.22. The first-order chi connectivity index (χ1) is 16.1. The number of para-hydroxylation sites is 1. The van der Waals surface area contributed by atoms with E-state index in [4.69, 9.17) is 28.9 Å². The van der Waals surface area contributed by atoms with Crippen LogP contribution in [-0.2, 0) is 6.54 Å². The van der Waals surface area contributed by atoms with Gasteiger partial charge in [-0.15, -0.1) is 0 Å². The predicted octanol–water partition coefficient (Wildman–Crippen LogP) is 7.23. The number of aromatic nitrogens is 2. The highest BCUT2D eigenvalue weighted by atomic mass is 35.5. The Morgan fingerprint density at radius 2 is 1.61 bits per heavy atom. The molecule has 1 aliphatic rings. The van der Waals surface area contributed by atoms with Gasteiger partial charge in [0.1, 0.15) is 4.99 Å². The van der Waals surface area contributed by atoms with Crippen molar-refractivity contribution >= 4 is 51.9 Å². The highest BCUT2D eigenvalue weighted by Gasteiger charge is 2.32. The number of hydrogen-bond acceptors (Lipinski definition) is 4. The molecule has 0 unspecified atom stereocenters. The van der Waals surface area contributed by atoms with E-state index in [2.05, 4.69) is 0 Å². The Balaban J connectivity index is 1.50. The van der Waals surface area contributed by atoms with Gasteiger partial charge in [0.2, 0.25) is 0 Å². The molecule has 0 bridgehead atoms. The molecule has 4 aromatic rings. The number of amides is 1. The van der Waals surface area contributed by atoms with E-state index in [0.29, 0.717) is 16.6 Å². The van der Waals surface area contributed by atoms with Gasteiger partial charge in [0.25, 0.3) is 5.24 Å². The summed E-state index contributed by atoms with van der Waals surface area (Å²) in [5.74, 6) is 0. The second-order valence-corrected chi connectivity index (χ2v) is 9.29. The normalized spacial score (nSPS) is 14.9. The van der Waals surface area contributed by atoms with Crippen LogP contribution < -0.4 is 0 Å². The van der Waals surface area contributed by atoms with Gasteiger partial charge in [0.15, 0.2) is 0 Å². The maximum Gasteiger partial charge on any atom is 0.291 e. The van der Waals surface area contributed by atoms with Crippen molar-refractivity contribution in [3.05, 3.63) is 112 Å². The van der Waals surface area contributed by atoms with E-state index in [1.165, 1.54) is 0 Å². The molecule has 4 nitrogen and oxygen atoms in total. The molecule has 3 aromatic carbocycles. The molecule has 0 atom stereocenters. The second-order valence-electron chi connectivity index (χ2n) is 7.47. The highest BCUT2D eigenvalue weighted by molar-refractivity contribution is 8.19. The molecule has 1 aromatic heterocycles. The summed E-state index contributed by atoms with van der Waals surface area (Å²) in [5, 5.41) is 5.42. The maximum absolute atomic E-state index is 12.8. The van der Waals surface area contributed by atoms with Crippen molar-refractivity contribution in [2.45, 2.75) is 6.54 Å². The van der Waals surface area contributed by atoms with Gasteiger partial charge in [-0.2, -0.15) is 5.10 Å². The zero-order valence-electron chi connectivity index (χ0n) is 17.4. The van der Waals surface area contributed by atoms with Crippen molar-refractivity contribution in [3.8, 4) is 16.9 Å². The molecule has 1 amide bonds. The molecule has 162 valence electrons. The van der Waals surface area contributed by atoms with Gasteiger partial charge in [0.05, 0.1) is 22.8 Å². The summed E-state index contributed by atoms with van der Waals surface area (Å²) in [4.78, 5) is 15.6. The fraction of sp³-hybridized carbons (Fsp3) is 0.0385. The van der Waals surface area contributed by atoms with Crippen molar-refractivity contribution in [2.24, 2.45) is 0 Å². The largest absolute Gasteiger partial charge is 0.291 e. The first kappa shape index (κ1) is 21.6. The van der Waals surface area contributed by atoms with Gasteiger partial charge in [-0.05, 0) is 47.7 Å². The molecule has 7 heteroatoms. The van der Waals surface area contributed by atoms with Gasteiger partial charge < -0.3 is 0 Å². The van der Waals surface area contributed by atoms with E-state index in [-0.39, 0.29) is 5.24 Å². The van der Waals surface area contributed by atoms with Gasteiger partial charge >= 0.3 is 0 Å². The minimum Gasteiger partial charge on any atom is -0.288 e. The Morgan fingerprint density at radius 3 is 2.30 bits per heavy atom. The van der Waals surface area contributed by atoms with Crippen LogP contribution in [-0.4, -0.2) is 24.9 Å². The molecular formula is C26H18ClN3OS2. The Labute approximate surface area is 206 Å². The van der Waals surface area contributed by atoms with E-state index < -0.39 is 0 Å². The van der Waals surface area contributed by atoms with Crippen LogP contribution in [0.3, 0.4) is 0 Å². The van der Waals surface area contributed by atoms with Crippen LogP contribution in [0, 0.1) is 0 Å². The van der Waals surface area contributed by atoms with Gasteiger partial charge in [0, 0.05) is 22.3 Å². The van der Waals surface area contributed by atoms with E-state index in [1.54, 1.807) is 4.90 Å². The Morgan fingerprint density at radius 1 is 0.939 bits per heavy atom. The standard InChI is InChI=1S/C26H18ClN3OS2/c27-21-13-11-18(12-14-21)16-29-25(32)23(33-26(29)31)15-20-17-30(22-9-5-2-6-10-22)28-24(20)19-7-3-1-4-8-19/h1-15,17H,16H2/b23-15-. The lowest BCUT2D eigenvalue weighted by Gasteiger charge is -2.14. The lowest BCUT2D eigenvalue weighted by molar-refractivity contribution is 0.244. The van der Waals surface area contributed by atoms with E-state index in [9.17, 15) is 4.79 Å². The molecule has 0 radical (unpaired) electrons. The highest BCUT2D eigenvalue weighted by Crippen LogP contribution is 2.36. The van der Waals surface area contributed by atoms with Crippen LogP contribution in [0.1, 0.15) is 11.1 Å². The van der Waals surface area contributed by atoms with E-state index >= 15 is 0 Å². The molecule has 1 fully saturated rings. The summed E-state index contributed by atoms with van der Waals surface area (Å²) >= 11 is 12.8. The van der Waals surface area contributed by atoms with Gasteiger partial charge in [-0.3, -0.25) is 9.69 Å². The van der Waals surface area contributed by atoms with Crippen LogP contribution in [0.25, 0.3) is 23.0 Å². The fourth-order valence-corrected chi connectivity index (χ4v) is 4.93. The molecule has 0 spiro atoms. The van der Waals surface area contributed by atoms with E-state index in [1.807, 2.05) is 102 Å². The number of halogens is 1. The molecule has 1 saturated heterocycles. The summed E-state index contributed by atoms with van der Waals surface area (Å²) in [7, 11) is 0. The molecule has 2 heterocycles. The second kappa shape index (κ2) is 9.35. The average molecular weight is 488 g/mol. The van der Waals surface area contributed by atoms with Gasteiger partial charge in [-0.25, -0.2) is 4.68 Å². The number of carbonyl (C=O) groups excluding carboxylic acids is 1. The molecule has 0 aliphatic carbocycles. The number of nitrogens with zero attached hydrogens (tertiary/aromatic N) is 3. The van der Waals surface area contributed by atoms with Crippen LogP contribution in [0.15, 0.2) is 96.0 Å². The Hall–Kier alpha value is -3.19. The first-order valence-corrected chi connectivity index (χ1v) is 11.9. The Kier molecular flexibility index (Phi) is 6.13. The minimum absolute atomic E-state index is 0.0853. The van der Waals surface area contributed by atoms with Gasteiger partial charge in [-0.1, -0.05) is 84.5 Å². The number of benzene rings is 3. The molecule has 0 N–H and O–H groups in total. The predicted molar refractivity (Wildman–Crippen MR) is 140 cm³/mol. The zero-order chi connectivity index (χ0) is 22.8. The zero-order valence-corrected chi connectivity index (χ0v) is 19.8. The monoisotopic (exact) mass is 487 g/mol. The number of thiocarbonyl (C=S) groups is 1. The number of rotatable bonds is 5.